The third-order valence-corrected chi connectivity index (χ3v) is 3.83. The van der Waals surface area contributed by atoms with Crippen LogP contribution in [0.25, 0.3) is 0 Å². The van der Waals surface area contributed by atoms with Gasteiger partial charge in [0.25, 0.3) is 0 Å². The van der Waals surface area contributed by atoms with Crippen LogP contribution in [0.1, 0.15) is 30.9 Å². The van der Waals surface area contributed by atoms with E-state index in [4.69, 9.17) is 4.74 Å². The molecular weight excluding hydrogens is 224 g/mol. The van der Waals surface area contributed by atoms with Crippen LogP contribution in [0.2, 0.25) is 0 Å². The summed E-state index contributed by atoms with van der Waals surface area (Å²) >= 11 is 0. The summed E-state index contributed by atoms with van der Waals surface area (Å²) in [6.45, 7) is 2.34. The number of benzene rings is 1. The molecule has 0 amide bonds. The molecule has 1 aromatic carbocycles. The van der Waals surface area contributed by atoms with Crippen molar-refractivity contribution in [2.75, 3.05) is 27.2 Å². The third-order valence-electron chi connectivity index (χ3n) is 3.83. The molecule has 1 aromatic rings. The second kappa shape index (κ2) is 6.76. The third kappa shape index (κ3) is 3.47. The minimum absolute atomic E-state index is 0.445. The van der Waals surface area contributed by atoms with Crippen LogP contribution >= 0.6 is 0 Å². The van der Waals surface area contributed by atoms with E-state index in [1.54, 1.807) is 7.11 Å². The molecule has 1 aliphatic rings. The Morgan fingerprint density at radius 1 is 1.39 bits per heavy atom. The Morgan fingerprint density at radius 3 is 2.72 bits per heavy atom. The van der Waals surface area contributed by atoms with E-state index in [-0.39, 0.29) is 0 Å². The topological polar surface area (TPSA) is 33.3 Å². The first-order chi connectivity index (χ1) is 8.83. The van der Waals surface area contributed by atoms with Gasteiger partial charge in [0.2, 0.25) is 0 Å². The van der Waals surface area contributed by atoms with Gasteiger partial charge in [-0.2, -0.15) is 0 Å². The first-order valence-corrected chi connectivity index (χ1v) is 6.85. The quantitative estimate of drug-likeness (QED) is 0.839. The van der Waals surface area contributed by atoms with E-state index in [1.807, 2.05) is 19.2 Å². The maximum absolute atomic E-state index is 5.20. The van der Waals surface area contributed by atoms with Crippen LogP contribution in [0.3, 0.4) is 0 Å². The molecule has 0 aromatic heterocycles. The summed E-state index contributed by atoms with van der Waals surface area (Å²) in [6.07, 6.45) is 3.86. The number of rotatable bonds is 5. The Kier molecular flexibility index (Phi) is 5.02. The lowest BCUT2D eigenvalue weighted by Gasteiger charge is -2.27. The van der Waals surface area contributed by atoms with Crippen molar-refractivity contribution in [3.05, 3.63) is 29.8 Å². The largest absolute Gasteiger partial charge is 0.497 e. The summed E-state index contributed by atoms with van der Waals surface area (Å²) in [7, 11) is 3.75. The van der Waals surface area contributed by atoms with Gasteiger partial charge in [0.1, 0.15) is 5.75 Å². The highest BCUT2D eigenvalue weighted by Gasteiger charge is 2.18. The molecule has 1 fully saturated rings. The van der Waals surface area contributed by atoms with Gasteiger partial charge in [0.15, 0.2) is 0 Å². The summed E-state index contributed by atoms with van der Waals surface area (Å²) in [5, 5.41) is 6.92. The first kappa shape index (κ1) is 13.4. The normalized spacial score (nSPS) is 21.6. The zero-order valence-electron chi connectivity index (χ0n) is 11.4. The second-order valence-electron chi connectivity index (χ2n) is 5.06. The number of piperidine rings is 1. The molecule has 2 N–H and O–H groups in total. The fourth-order valence-corrected chi connectivity index (χ4v) is 2.72. The molecule has 0 spiro atoms. The molecule has 0 aliphatic carbocycles. The number of nitrogens with one attached hydrogen (secondary N) is 2. The molecule has 1 heterocycles. The van der Waals surface area contributed by atoms with E-state index in [1.165, 1.54) is 31.4 Å². The predicted octanol–water partition coefficient (Wildman–Crippen LogP) is 2.35. The smallest absolute Gasteiger partial charge is 0.118 e. The molecule has 18 heavy (non-hydrogen) atoms. The van der Waals surface area contributed by atoms with Gasteiger partial charge in [-0.25, -0.2) is 0 Å². The molecule has 0 bridgehead atoms. The summed E-state index contributed by atoms with van der Waals surface area (Å²) in [5.41, 5.74) is 1.35. The van der Waals surface area contributed by atoms with Crippen molar-refractivity contribution in [2.45, 2.75) is 25.3 Å². The Morgan fingerprint density at radius 2 is 2.17 bits per heavy atom. The summed E-state index contributed by atoms with van der Waals surface area (Å²) in [6, 6.07) is 8.85. The highest BCUT2D eigenvalue weighted by Crippen LogP contribution is 2.26. The van der Waals surface area contributed by atoms with Crippen molar-refractivity contribution in [3.8, 4) is 5.75 Å². The average Bonchev–Trinajstić information content (AvgIpc) is 2.46. The number of methoxy groups -OCH3 is 1. The molecule has 3 nitrogen and oxygen atoms in total. The highest BCUT2D eigenvalue weighted by atomic mass is 16.5. The van der Waals surface area contributed by atoms with Gasteiger partial charge in [-0.15, -0.1) is 0 Å². The van der Waals surface area contributed by atoms with Gasteiger partial charge in [0, 0.05) is 6.04 Å². The number of ether oxygens (including phenoxy) is 1. The average molecular weight is 248 g/mol. The van der Waals surface area contributed by atoms with Crippen molar-refractivity contribution < 1.29 is 4.74 Å². The minimum Gasteiger partial charge on any atom is -0.497 e. The lowest BCUT2D eigenvalue weighted by molar-refractivity contribution is 0.322. The maximum atomic E-state index is 5.20. The van der Waals surface area contributed by atoms with E-state index in [0.717, 1.165) is 18.2 Å². The zero-order valence-corrected chi connectivity index (χ0v) is 11.4. The van der Waals surface area contributed by atoms with Crippen molar-refractivity contribution in [2.24, 2.45) is 5.92 Å². The molecular formula is C15H24N2O. The van der Waals surface area contributed by atoms with Crippen LogP contribution in [-0.4, -0.2) is 27.2 Å². The molecule has 0 radical (unpaired) electrons. The van der Waals surface area contributed by atoms with Gasteiger partial charge in [-0.3, -0.25) is 0 Å². The first-order valence-electron chi connectivity index (χ1n) is 6.85. The van der Waals surface area contributed by atoms with Crippen LogP contribution in [0.15, 0.2) is 24.3 Å². The fraction of sp³-hybridized carbons (Fsp3) is 0.600. The highest BCUT2D eigenvalue weighted by molar-refractivity contribution is 5.29. The molecule has 2 rings (SSSR count). The Balaban J connectivity index is 1.97. The van der Waals surface area contributed by atoms with Crippen molar-refractivity contribution in [1.29, 1.82) is 0 Å². The SMILES string of the molecule is CNC(CC1CCCNC1)c1ccc(OC)cc1. The van der Waals surface area contributed by atoms with E-state index < -0.39 is 0 Å². The van der Waals surface area contributed by atoms with Crippen LogP contribution in [0.4, 0.5) is 0 Å². The summed E-state index contributed by atoms with van der Waals surface area (Å²) in [4.78, 5) is 0. The van der Waals surface area contributed by atoms with Crippen LogP contribution in [0, 0.1) is 5.92 Å². The zero-order chi connectivity index (χ0) is 12.8. The van der Waals surface area contributed by atoms with Gasteiger partial charge >= 0.3 is 0 Å². The van der Waals surface area contributed by atoms with Crippen LogP contribution < -0.4 is 15.4 Å². The Hall–Kier alpha value is -1.06. The predicted molar refractivity (Wildman–Crippen MR) is 75.0 cm³/mol. The van der Waals surface area contributed by atoms with E-state index >= 15 is 0 Å². The Bertz CT molecular complexity index is 344. The Labute approximate surface area is 110 Å². The molecule has 100 valence electrons. The molecule has 1 aliphatic heterocycles. The molecule has 2 atom stereocenters. The van der Waals surface area contributed by atoms with E-state index in [9.17, 15) is 0 Å². The van der Waals surface area contributed by atoms with Gasteiger partial charge in [-0.05, 0) is 63.0 Å². The molecule has 0 saturated carbocycles. The van der Waals surface area contributed by atoms with Gasteiger partial charge in [-0.1, -0.05) is 12.1 Å². The van der Waals surface area contributed by atoms with Gasteiger partial charge in [0.05, 0.1) is 7.11 Å². The lowest BCUT2D eigenvalue weighted by Crippen LogP contribution is -2.32. The van der Waals surface area contributed by atoms with Crippen molar-refractivity contribution >= 4 is 0 Å². The van der Waals surface area contributed by atoms with Crippen LogP contribution in [-0.2, 0) is 0 Å². The lowest BCUT2D eigenvalue weighted by atomic mass is 9.89. The van der Waals surface area contributed by atoms with Crippen LogP contribution in [0.5, 0.6) is 5.75 Å². The van der Waals surface area contributed by atoms with Crippen molar-refractivity contribution in [1.82, 2.24) is 10.6 Å². The molecule has 3 heteroatoms. The second-order valence-corrected chi connectivity index (χ2v) is 5.06. The number of hydrogen-bond acceptors (Lipinski definition) is 3. The standard InChI is InChI=1S/C15H24N2O/c1-16-15(10-12-4-3-9-17-11-12)13-5-7-14(18-2)8-6-13/h5-8,12,15-17H,3-4,9-11H2,1-2H3. The maximum Gasteiger partial charge on any atom is 0.118 e. The van der Waals surface area contributed by atoms with Crippen molar-refractivity contribution in [3.63, 3.8) is 0 Å². The molecule has 1 saturated heterocycles. The summed E-state index contributed by atoms with van der Waals surface area (Å²) in [5.74, 6) is 1.71. The van der Waals surface area contributed by atoms with E-state index in [2.05, 4.69) is 22.8 Å². The number of hydrogen-bond donors (Lipinski definition) is 2. The summed E-state index contributed by atoms with van der Waals surface area (Å²) < 4.78 is 5.20. The fourth-order valence-electron chi connectivity index (χ4n) is 2.72. The molecule has 2 unspecified atom stereocenters. The monoisotopic (exact) mass is 248 g/mol. The van der Waals surface area contributed by atoms with Gasteiger partial charge < -0.3 is 15.4 Å². The van der Waals surface area contributed by atoms with E-state index in [0.29, 0.717) is 6.04 Å². The minimum atomic E-state index is 0.445.